The lowest BCUT2D eigenvalue weighted by Crippen LogP contribution is -2.42. The van der Waals surface area contributed by atoms with E-state index in [1.165, 1.54) is 4.90 Å². The first kappa shape index (κ1) is 23.8. The zero-order valence-electron chi connectivity index (χ0n) is 19.3. The Labute approximate surface area is 204 Å². The van der Waals surface area contributed by atoms with E-state index in [-0.39, 0.29) is 28.8 Å². The largest absolute Gasteiger partial charge is 0.491 e. The molecule has 0 bridgehead atoms. The molecule has 0 atom stereocenters. The van der Waals surface area contributed by atoms with Gasteiger partial charge in [0.25, 0.3) is 17.7 Å². The molecule has 3 amide bonds. The van der Waals surface area contributed by atoms with Gasteiger partial charge in [0.2, 0.25) is 0 Å². The number of hydrogen-bond acceptors (Lipinski definition) is 5. The van der Waals surface area contributed by atoms with E-state index in [1.807, 2.05) is 13.8 Å². The molecule has 0 saturated heterocycles. The van der Waals surface area contributed by atoms with Crippen LogP contribution in [0.3, 0.4) is 0 Å². The number of hydrogen-bond donors (Lipinski definition) is 2. The van der Waals surface area contributed by atoms with Crippen LogP contribution in [0.25, 0.3) is 0 Å². The van der Waals surface area contributed by atoms with Crippen LogP contribution in [0.5, 0.6) is 5.75 Å². The van der Waals surface area contributed by atoms with Crippen molar-refractivity contribution < 1.29 is 19.1 Å². The molecule has 1 heterocycles. The Kier molecular flexibility index (Phi) is 7.22. The second-order valence-electron chi connectivity index (χ2n) is 8.81. The van der Waals surface area contributed by atoms with E-state index in [2.05, 4.69) is 10.6 Å². The molecule has 2 aliphatic rings. The highest BCUT2D eigenvalue weighted by atomic mass is 35.5. The van der Waals surface area contributed by atoms with Crippen LogP contribution in [0.4, 0.5) is 11.4 Å². The molecule has 1 aliphatic heterocycles. The van der Waals surface area contributed by atoms with E-state index in [4.69, 9.17) is 16.3 Å². The van der Waals surface area contributed by atoms with Crippen LogP contribution in [-0.4, -0.2) is 34.8 Å². The predicted molar refractivity (Wildman–Crippen MR) is 132 cm³/mol. The number of nitrogens with zero attached hydrogens (tertiary/aromatic N) is 1. The molecular formula is C26H28ClN3O4. The summed E-state index contributed by atoms with van der Waals surface area (Å²) in [6.07, 6.45) is 4.82. The molecule has 2 N–H and O–H groups in total. The minimum absolute atomic E-state index is 0.0752. The van der Waals surface area contributed by atoms with Gasteiger partial charge in [-0.2, -0.15) is 0 Å². The van der Waals surface area contributed by atoms with Crippen molar-refractivity contribution in [3.8, 4) is 5.75 Å². The van der Waals surface area contributed by atoms with E-state index >= 15 is 0 Å². The number of halogens is 1. The molecule has 1 fully saturated rings. The zero-order valence-corrected chi connectivity index (χ0v) is 20.0. The number of anilines is 2. The highest BCUT2D eigenvalue weighted by Gasteiger charge is 2.42. The predicted octanol–water partition coefficient (Wildman–Crippen LogP) is 5.29. The van der Waals surface area contributed by atoms with E-state index in [1.54, 1.807) is 48.5 Å². The van der Waals surface area contributed by atoms with Crippen molar-refractivity contribution in [1.82, 2.24) is 4.90 Å². The third-order valence-corrected chi connectivity index (χ3v) is 6.25. The zero-order chi connectivity index (χ0) is 24.2. The number of nitrogens with one attached hydrogen (secondary N) is 2. The standard InChI is InChI=1S/C26H28ClN3O4/c1-16(2)34-21-14-12-19(13-15-21)29-24(31)17-8-10-18(11-9-17)28-23-22(27)25(32)30(26(23)33)20-6-4-3-5-7-20/h8-16,20,28H,3-7H2,1-2H3,(H,29,31). The average Bonchev–Trinajstić information content (AvgIpc) is 3.04. The molecule has 2 aromatic carbocycles. The van der Waals surface area contributed by atoms with Gasteiger partial charge in [0.1, 0.15) is 16.5 Å². The van der Waals surface area contributed by atoms with E-state index in [0.717, 1.165) is 37.9 Å². The van der Waals surface area contributed by atoms with E-state index < -0.39 is 11.8 Å². The minimum Gasteiger partial charge on any atom is -0.491 e. The summed E-state index contributed by atoms with van der Waals surface area (Å²) < 4.78 is 5.61. The highest BCUT2D eigenvalue weighted by Crippen LogP contribution is 2.32. The van der Waals surface area contributed by atoms with Gasteiger partial charge in [0, 0.05) is 23.0 Å². The molecule has 1 saturated carbocycles. The fourth-order valence-electron chi connectivity index (χ4n) is 4.24. The summed E-state index contributed by atoms with van der Waals surface area (Å²) in [5.41, 5.74) is 1.74. The smallest absolute Gasteiger partial charge is 0.279 e. The maximum absolute atomic E-state index is 12.9. The lowest BCUT2D eigenvalue weighted by molar-refractivity contribution is -0.140. The van der Waals surface area contributed by atoms with Crippen molar-refractivity contribution in [2.75, 3.05) is 10.6 Å². The summed E-state index contributed by atoms with van der Waals surface area (Å²) in [4.78, 5) is 39.4. The fourth-order valence-corrected chi connectivity index (χ4v) is 4.46. The Bertz CT molecular complexity index is 1100. The monoisotopic (exact) mass is 481 g/mol. The van der Waals surface area contributed by atoms with Crippen molar-refractivity contribution in [2.45, 2.75) is 58.1 Å². The van der Waals surface area contributed by atoms with Crippen LogP contribution >= 0.6 is 11.6 Å². The normalized spacial score (nSPS) is 16.9. The summed E-state index contributed by atoms with van der Waals surface area (Å²) >= 11 is 6.23. The summed E-state index contributed by atoms with van der Waals surface area (Å²) in [5, 5.41) is 5.71. The Hall–Kier alpha value is -3.32. The van der Waals surface area contributed by atoms with Gasteiger partial charge in [0.05, 0.1) is 6.10 Å². The van der Waals surface area contributed by atoms with Crippen LogP contribution in [0.2, 0.25) is 0 Å². The Morgan fingerprint density at radius 3 is 2.18 bits per heavy atom. The second kappa shape index (κ2) is 10.3. The van der Waals surface area contributed by atoms with Crippen molar-refractivity contribution in [2.24, 2.45) is 0 Å². The Morgan fingerprint density at radius 1 is 0.941 bits per heavy atom. The number of rotatable bonds is 7. The van der Waals surface area contributed by atoms with Crippen molar-refractivity contribution in [3.63, 3.8) is 0 Å². The van der Waals surface area contributed by atoms with Gasteiger partial charge in [-0.3, -0.25) is 19.3 Å². The van der Waals surface area contributed by atoms with Crippen molar-refractivity contribution in [3.05, 3.63) is 64.8 Å². The quantitative estimate of drug-likeness (QED) is 0.524. The summed E-state index contributed by atoms with van der Waals surface area (Å²) in [5.74, 6) is -0.370. The molecule has 34 heavy (non-hydrogen) atoms. The third kappa shape index (κ3) is 5.25. The van der Waals surface area contributed by atoms with Gasteiger partial charge in [-0.1, -0.05) is 30.9 Å². The van der Waals surface area contributed by atoms with Gasteiger partial charge < -0.3 is 15.4 Å². The van der Waals surface area contributed by atoms with Gasteiger partial charge in [-0.15, -0.1) is 0 Å². The first-order valence-corrected chi connectivity index (χ1v) is 11.9. The Balaban J connectivity index is 1.39. The van der Waals surface area contributed by atoms with Gasteiger partial charge in [0.15, 0.2) is 0 Å². The lowest BCUT2D eigenvalue weighted by Gasteiger charge is -2.29. The lowest BCUT2D eigenvalue weighted by atomic mass is 9.94. The van der Waals surface area contributed by atoms with Crippen LogP contribution in [-0.2, 0) is 9.59 Å². The van der Waals surface area contributed by atoms with Crippen LogP contribution in [0.1, 0.15) is 56.3 Å². The van der Waals surface area contributed by atoms with Crippen LogP contribution in [0.15, 0.2) is 59.3 Å². The Morgan fingerprint density at radius 2 is 1.56 bits per heavy atom. The second-order valence-corrected chi connectivity index (χ2v) is 9.19. The van der Waals surface area contributed by atoms with Crippen LogP contribution in [0, 0.1) is 0 Å². The molecule has 178 valence electrons. The van der Waals surface area contributed by atoms with Gasteiger partial charge in [-0.05, 0) is 75.2 Å². The van der Waals surface area contributed by atoms with Crippen molar-refractivity contribution in [1.29, 1.82) is 0 Å². The summed E-state index contributed by atoms with van der Waals surface area (Å²) in [6, 6.07) is 13.7. The molecule has 7 nitrogen and oxygen atoms in total. The SMILES string of the molecule is CC(C)Oc1ccc(NC(=O)c2ccc(NC3=C(Cl)C(=O)N(C4CCCCC4)C3=O)cc2)cc1. The maximum atomic E-state index is 12.9. The van der Waals surface area contributed by atoms with Gasteiger partial charge >= 0.3 is 0 Å². The molecule has 2 aromatic rings. The molecule has 4 rings (SSSR count). The van der Waals surface area contributed by atoms with Gasteiger partial charge in [-0.25, -0.2) is 0 Å². The topological polar surface area (TPSA) is 87.7 Å². The first-order valence-electron chi connectivity index (χ1n) is 11.6. The molecule has 0 aromatic heterocycles. The molecule has 0 radical (unpaired) electrons. The number of carbonyl (C=O) groups excluding carboxylic acids is 3. The number of benzene rings is 2. The number of carbonyl (C=O) groups is 3. The molecule has 1 aliphatic carbocycles. The average molecular weight is 482 g/mol. The molecule has 0 unspecified atom stereocenters. The number of imide groups is 1. The number of amides is 3. The maximum Gasteiger partial charge on any atom is 0.279 e. The fraction of sp³-hybridized carbons (Fsp3) is 0.346. The molecule has 8 heteroatoms. The molecular weight excluding hydrogens is 454 g/mol. The summed E-state index contributed by atoms with van der Waals surface area (Å²) in [7, 11) is 0. The first-order chi connectivity index (χ1) is 16.3. The van der Waals surface area contributed by atoms with E-state index in [0.29, 0.717) is 16.9 Å². The number of ether oxygens (including phenoxy) is 1. The van der Waals surface area contributed by atoms with E-state index in [9.17, 15) is 14.4 Å². The van der Waals surface area contributed by atoms with Crippen molar-refractivity contribution >= 4 is 40.7 Å². The highest BCUT2D eigenvalue weighted by molar-refractivity contribution is 6.48. The third-order valence-electron chi connectivity index (χ3n) is 5.90. The van der Waals surface area contributed by atoms with Crippen LogP contribution < -0.4 is 15.4 Å². The minimum atomic E-state index is -0.443. The summed E-state index contributed by atoms with van der Waals surface area (Å²) in [6.45, 7) is 3.90. The molecule has 0 spiro atoms.